The zero-order valence-corrected chi connectivity index (χ0v) is 10.4. The molecule has 1 aliphatic rings. The molecule has 1 saturated heterocycles. The van der Waals surface area contributed by atoms with Crippen molar-refractivity contribution in [1.82, 2.24) is 9.29 Å². The Bertz CT molecular complexity index is 563. The highest BCUT2D eigenvalue weighted by molar-refractivity contribution is 7.89. The Labute approximate surface area is 103 Å². The number of ether oxygens (including phenoxy) is 1. The third kappa shape index (κ3) is 2.37. The van der Waals surface area contributed by atoms with Gasteiger partial charge in [0, 0.05) is 25.5 Å². The molecule has 2 rings (SSSR count). The molecule has 1 aliphatic heterocycles. The second-order valence-corrected chi connectivity index (χ2v) is 5.83. The number of pyridine rings is 1. The molecule has 1 N–H and O–H groups in total. The van der Waals surface area contributed by atoms with E-state index in [-0.39, 0.29) is 23.0 Å². The Hall–Kier alpha value is -0.890. The Morgan fingerprint density at radius 2 is 1.94 bits per heavy atom. The van der Waals surface area contributed by atoms with Crippen molar-refractivity contribution in [2.75, 3.05) is 26.3 Å². The monoisotopic (exact) mass is 278 g/mol. The Balaban J connectivity index is 2.44. The van der Waals surface area contributed by atoms with Gasteiger partial charge >= 0.3 is 0 Å². The molecule has 0 bridgehead atoms. The van der Waals surface area contributed by atoms with E-state index < -0.39 is 15.5 Å². The van der Waals surface area contributed by atoms with Crippen LogP contribution in [0.5, 0.6) is 0 Å². The van der Waals surface area contributed by atoms with Crippen LogP contribution in [-0.2, 0) is 14.8 Å². The van der Waals surface area contributed by atoms with Gasteiger partial charge < -0.3 is 9.72 Å². The molecule has 0 atom stereocenters. The van der Waals surface area contributed by atoms with Crippen molar-refractivity contribution in [2.45, 2.75) is 4.90 Å². The summed E-state index contributed by atoms with van der Waals surface area (Å²) in [5.41, 5.74) is -0.683. The Morgan fingerprint density at radius 1 is 1.29 bits per heavy atom. The summed E-state index contributed by atoms with van der Waals surface area (Å²) in [6, 6.07) is 0. The molecular formula is C9H11ClN2O4S. The molecule has 6 nitrogen and oxygen atoms in total. The zero-order chi connectivity index (χ0) is 12.5. The second-order valence-electron chi connectivity index (χ2n) is 3.51. The van der Waals surface area contributed by atoms with Gasteiger partial charge in [0.05, 0.1) is 13.2 Å². The van der Waals surface area contributed by atoms with Gasteiger partial charge in [-0.3, -0.25) is 4.79 Å². The smallest absolute Gasteiger partial charge is 0.248 e. The molecule has 1 aromatic rings. The van der Waals surface area contributed by atoms with Crippen LogP contribution in [0.2, 0.25) is 5.02 Å². The van der Waals surface area contributed by atoms with Crippen LogP contribution in [0.25, 0.3) is 0 Å². The molecule has 0 unspecified atom stereocenters. The van der Waals surface area contributed by atoms with Gasteiger partial charge in [-0.2, -0.15) is 4.31 Å². The maximum atomic E-state index is 12.2. The summed E-state index contributed by atoms with van der Waals surface area (Å²) in [6.45, 7) is 1.15. The topological polar surface area (TPSA) is 79.5 Å². The summed E-state index contributed by atoms with van der Waals surface area (Å²) in [5.74, 6) is 0. The fraction of sp³-hybridized carbons (Fsp3) is 0.444. The van der Waals surface area contributed by atoms with Gasteiger partial charge in [0.1, 0.15) is 9.92 Å². The predicted octanol–water partition coefficient (Wildman–Crippen LogP) is 0.0492. The number of H-pyrrole nitrogens is 1. The minimum absolute atomic E-state index is 0.140. The fourth-order valence-corrected chi connectivity index (χ4v) is 3.25. The van der Waals surface area contributed by atoms with Crippen LogP contribution in [-0.4, -0.2) is 44.0 Å². The van der Waals surface area contributed by atoms with Crippen molar-refractivity contribution in [3.05, 3.63) is 27.6 Å². The van der Waals surface area contributed by atoms with E-state index in [4.69, 9.17) is 16.3 Å². The number of hydrogen-bond donors (Lipinski definition) is 1. The third-order valence-corrected chi connectivity index (χ3v) is 4.64. The van der Waals surface area contributed by atoms with Gasteiger partial charge in [-0.05, 0) is 0 Å². The first-order chi connectivity index (χ1) is 8.03. The highest BCUT2D eigenvalue weighted by Gasteiger charge is 2.29. The average Bonchev–Trinajstić information content (AvgIpc) is 2.33. The lowest BCUT2D eigenvalue weighted by molar-refractivity contribution is 0.0730. The van der Waals surface area contributed by atoms with Crippen molar-refractivity contribution < 1.29 is 13.2 Å². The number of morpholine rings is 1. The maximum Gasteiger partial charge on any atom is 0.248 e. The van der Waals surface area contributed by atoms with Crippen LogP contribution in [0, 0.1) is 0 Å². The Kier molecular flexibility index (Phi) is 3.53. The normalized spacial score (nSPS) is 18.2. The van der Waals surface area contributed by atoms with Gasteiger partial charge in [0.25, 0.3) is 0 Å². The number of aromatic nitrogens is 1. The van der Waals surface area contributed by atoms with Crippen LogP contribution in [0.3, 0.4) is 0 Å². The molecule has 0 aromatic carbocycles. The summed E-state index contributed by atoms with van der Waals surface area (Å²) < 4.78 is 30.6. The molecule has 0 amide bonds. The number of nitrogens with zero attached hydrogens (tertiary/aromatic N) is 1. The van der Waals surface area contributed by atoms with E-state index in [1.54, 1.807) is 0 Å². The minimum Gasteiger partial charge on any atom is -0.379 e. The summed E-state index contributed by atoms with van der Waals surface area (Å²) in [4.78, 5) is 13.9. The maximum absolute atomic E-state index is 12.2. The molecule has 0 aliphatic carbocycles. The number of hydrogen-bond acceptors (Lipinski definition) is 4. The highest BCUT2D eigenvalue weighted by atomic mass is 35.5. The SMILES string of the molecule is O=c1c(Cl)c[nH]cc1S(=O)(=O)N1CCOCC1. The second kappa shape index (κ2) is 4.77. The number of rotatable bonds is 2. The van der Waals surface area contributed by atoms with Crippen LogP contribution >= 0.6 is 11.6 Å². The number of halogens is 1. The lowest BCUT2D eigenvalue weighted by Gasteiger charge is -2.25. The van der Waals surface area contributed by atoms with E-state index in [1.165, 1.54) is 10.5 Å². The van der Waals surface area contributed by atoms with E-state index in [0.29, 0.717) is 13.2 Å². The highest BCUT2D eigenvalue weighted by Crippen LogP contribution is 2.14. The van der Waals surface area contributed by atoms with Crippen molar-refractivity contribution >= 4 is 21.6 Å². The summed E-state index contributed by atoms with van der Waals surface area (Å²) in [7, 11) is -3.79. The quantitative estimate of drug-likeness (QED) is 0.829. The van der Waals surface area contributed by atoms with Crippen LogP contribution in [0.4, 0.5) is 0 Å². The lowest BCUT2D eigenvalue weighted by atomic mass is 10.5. The number of sulfonamides is 1. The molecule has 2 heterocycles. The van der Waals surface area contributed by atoms with Crippen molar-refractivity contribution in [1.29, 1.82) is 0 Å². The zero-order valence-electron chi connectivity index (χ0n) is 8.85. The molecule has 0 spiro atoms. The lowest BCUT2D eigenvalue weighted by Crippen LogP contribution is -2.42. The molecule has 0 radical (unpaired) electrons. The minimum atomic E-state index is -3.79. The van der Waals surface area contributed by atoms with E-state index in [1.807, 2.05) is 0 Å². The molecule has 17 heavy (non-hydrogen) atoms. The summed E-state index contributed by atoms with van der Waals surface area (Å²) in [6.07, 6.45) is 2.40. The van der Waals surface area contributed by atoms with E-state index in [2.05, 4.69) is 4.98 Å². The third-order valence-electron chi connectivity index (χ3n) is 2.45. The van der Waals surface area contributed by atoms with Gasteiger partial charge in [-0.1, -0.05) is 11.6 Å². The van der Waals surface area contributed by atoms with E-state index >= 15 is 0 Å². The largest absolute Gasteiger partial charge is 0.379 e. The summed E-state index contributed by atoms with van der Waals surface area (Å²) >= 11 is 5.61. The fourth-order valence-electron chi connectivity index (χ4n) is 1.56. The molecular weight excluding hydrogens is 268 g/mol. The molecule has 1 aromatic heterocycles. The van der Waals surface area contributed by atoms with Crippen LogP contribution in [0.1, 0.15) is 0 Å². The average molecular weight is 279 g/mol. The van der Waals surface area contributed by atoms with Crippen molar-refractivity contribution in [3.63, 3.8) is 0 Å². The standard InChI is InChI=1S/C9H11ClN2O4S/c10-7-5-11-6-8(9(7)13)17(14,15)12-1-3-16-4-2-12/h5-6H,1-4H2,(H,11,13). The first kappa shape index (κ1) is 12.6. The molecule has 8 heteroatoms. The molecule has 1 fully saturated rings. The van der Waals surface area contributed by atoms with Gasteiger partial charge in [0.2, 0.25) is 15.5 Å². The van der Waals surface area contributed by atoms with Gasteiger partial charge in [-0.15, -0.1) is 0 Å². The van der Waals surface area contributed by atoms with Crippen LogP contribution in [0.15, 0.2) is 22.1 Å². The Morgan fingerprint density at radius 3 is 2.59 bits per heavy atom. The predicted molar refractivity (Wildman–Crippen MR) is 61.7 cm³/mol. The van der Waals surface area contributed by atoms with Gasteiger partial charge in [-0.25, -0.2) is 8.42 Å². The molecule has 0 saturated carbocycles. The summed E-state index contributed by atoms with van der Waals surface area (Å²) in [5, 5.41) is -0.140. The van der Waals surface area contributed by atoms with E-state index in [0.717, 1.165) is 6.20 Å². The number of nitrogens with one attached hydrogen (secondary N) is 1. The van der Waals surface area contributed by atoms with Crippen molar-refractivity contribution in [3.8, 4) is 0 Å². The van der Waals surface area contributed by atoms with Gasteiger partial charge in [0.15, 0.2) is 0 Å². The first-order valence-electron chi connectivity index (χ1n) is 4.98. The molecule has 94 valence electrons. The van der Waals surface area contributed by atoms with E-state index in [9.17, 15) is 13.2 Å². The van der Waals surface area contributed by atoms with Crippen molar-refractivity contribution in [2.24, 2.45) is 0 Å². The van der Waals surface area contributed by atoms with Crippen LogP contribution < -0.4 is 5.43 Å². The first-order valence-corrected chi connectivity index (χ1v) is 6.80. The number of aromatic amines is 1.